The van der Waals surface area contributed by atoms with Gasteiger partial charge in [0.05, 0.1) is 6.07 Å². The average Bonchev–Trinajstić information content (AvgIpc) is 1.61. The van der Waals surface area contributed by atoms with E-state index in [4.69, 9.17) is 5.26 Å². The molecule has 0 aliphatic rings. The van der Waals surface area contributed by atoms with E-state index in [0.717, 1.165) is 0 Å². The van der Waals surface area contributed by atoms with Gasteiger partial charge in [0.2, 0.25) is 0 Å². The molecule has 11 heavy (non-hydrogen) atoms. The Morgan fingerprint density at radius 3 is 1.73 bits per heavy atom. The third-order valence-electron chi connectivity index (χ3n) is 2.01. The maximum Gasteiger partial charge on any atom is 0.0575 e. The molecule has 1 nitrogen and oxygen atoms in total. The fourth-order valence-electron chi connectivity index (χ4n) is 0.416. The smallest absolute Gasteiger partial charge is 0.0575 e. The Morgan fingerprint density at radius 2 is 1.64 bits per heavy atom. The van der Waals surface area contributed by atoms with E-state index in [9.17, 15) is 0 Å². The Hall–Kier alpha value is 0.594. The van der Waals surface area contributed by atoms with Crippen LogP contribution in [-0.2, 0) is 32.7 Å². The van der Waals surface area contributed by atoms with Gasteiger partial charge in [0.25, 0.3) is 0 Å². The van der Waals surface area contributed by atoms with Gasteiger partial charge in [-0.05, 0) is 6.42 Å². The maximum atomic E-state index is 8.44. The van der Waals surface area contributed by atoms with Crippen LogP contribution >= 0.6 is 0 Å². The van der Waals surface area contributed by atoms with E-state index in [1.807, 2.05) is 20.8 Å². The summed E-state index contributed by atoms with van der Waals surface area (Å²) in [6, 6.07) is 2.09. The second-order valence-electron chi connectivity index (χ2n) is 3.87. The summed E-state index contributed by atoms with van der Waals surface area (Å²) in [4.78, 5) is 0. The molecule has 0 bridgehead atoms. The maximum absolute atomic E-state index is 8.44. The van der Waals surface area contributed by atoms with E-state index in [0.29, 0.717) is 6.42 Å². The Balaban J connectivity index is 0. The number of nitrogens with zero attached hydrogens (tertiary/aromatic N) is 1. The molecule has 0 amide bonds. The normalized spacial score (nSPS) is 11.6. The first kappa shape index (κ1) is 14.1. The molecular weight excluding hydrogens is 211 g/mol. The molecular formula is C9H15NY-2. The number of hydrogen-bond donors (Lipinski definition) is 0. The van der Waals surface area contributed by atoms with Crippen LogP contribution in [0.5, 0.6) is 0 Å². The SMILES string of the molecule is [CH2-]C([CH2-])(CC#N)C(C)(C)C.[Y]. The fourth-order valence-corrected chi connectivity index (χ4v) is 0.416. The Labute approximate surface area is 95.4 Å². The summed E-state index contributed by atoms with van der Waals surface area (Å²) in [6.07, 6.45) is 0.413. The minimum Gasteiger partial charge on any atom is -0.365 e. The largest absolute Gasteiger partial charge is 0.365 e. The van der Waals surface area contributed by atoms with Crippen molar-refractivity contribution in [2.75, 3.05) is 0 Å². The van der Waals surface area contributed by atoms with Gasteiger partial charge >= 0.3 is 0 Å². The minimum absolute atomic E-state index is 0. The molecule has 0 N–H and O–H groups in total. The summed E-state index contributed by atoms with van der Waals surface area (Å²) in [5.41, 5.74) is -0.371. The van der Waals surface area contributed by atoms with Crippen LogP contribution in [0, 0.1) is 36.0 Å². The van der Waals surface area contributed by atoms with E-state index in [1.54, 1.807) is 0 Å². The molecule has 0 spiro atoms. The van der Waals surface area contributed by atoms with Crippen molar-refractivity contribution < 1.29 is 32.7 Å². The van der Waals surface area contributed by atoms with E-state index in [1.165, 1.54) is 0 Å². The van der Waals surface area contributed by atoms with Gasteiger partial charge in [0.15, 0.2) is 0 Å². The van der Waals surface area contributed by atoms with Crippen molar-refractivity contribution in [3.63, 3.8) is 0 Å². The molecule has 0 heterocycles. The molecule has 0 aromatic rings. The standard InChI is InChI=1S/C9H15N.Y/c1-8(2,3)9(4,5)6-7-10;/h4-6H2,1-3H3;/q-2;. The molecule has 1 radical (unpaired) electrons. The van der Waals surface area contributed by atoms with Gasteiger partial charge in [-0.3, -0.25) is 5.41 Å². The van der Waals surface area contributed by atoms with Crippen LogP contribution in [0.15, 0.2) is 0 Å². The molecule has 0 rings (SSSR count). The minimum atomic E-state index is -0.373. The van der Waals surface area contributed by atoms with Crippen molar-refractivity contribution in [1.29, 1.82) is 5.26 Å². The second-order valence-corrected chi connectivity index (χ2v) is 3.87. The number of hydrogen-bond acceptors (Lipinski definition) is 1. The van der Waals surface area contributed by atoms with Gasteiger partial charge < -0.3 is 13.8 Å². The predicted molar refractivity (Wildman–Crippen MR) is 42.8 cm³/mol. The molecule has 0 unspecified atom stereocenters. The van der Waals surface area contributed by atoms with Crippen molar-refractivity contribution in [1.82, 2.24) is 0 Å². The van der Waals surface area contributed by atoms with Gasteiger partial charge in [-0.25, -0.2) is 0 Å². The molecule has 0 aromatic heterocycles. The monoisotopic (exact) mass is 226 g/mol. The van der Waals surface area contributed by atoms with E-state index >= 15 is 0 Å². The van der Waals surface area contributed by atoms with Crippen molar-refractivity contribution >= 4 is 0 Å². The zero-order valence-electron chi connectivity index (χ0n) is 7.65. The Kier molecular flexibility index (Phi) is 5.88. The quantitative estimate of drug-likeness (QED) is 0.630. The Morgan fingerprint density at radius 1 is 1.27 bits per heavy atom. The molecule has 0 saturated heterocycles. The van der Waals surface area contributed by atoms with Gasteiger partial charge in [0, 0.05) is 32.7 Å². The van der Waals surface area contributed by atoms with Crippen LogP contribution in [0.3, 0.4) is 0 Å². The van der Waals surface area contributed by atoms with Crippen molar-refractivity contribution in [2.24, 2.45) is 10.8 Å². The zero-order valence-corrected chi connectivity index (χ0v) is 10.5. The van der Waals surface area contributed by atoms with E-state index < -0.39 is 0 Å². The second kappa shape index (κ2) is 4.58. The molecule has 0 aliphatic carbocycles. The number of nitriles is 1. The van der Waals surface area contributed by atoms with Crippen molar-refractivity contribution in [3.05, 3.63) is 13.8 Å². The van der Waals surface area contributed by atoms with Gasteiger partial charge in [-0.15, -0.1) is 0 Å². The van der Waals surface area contributed by atoms with Crippen LogP contribution in [0.1, 0.15) is 27.2 Å². The molecule has 2 heteroatoms. The summed E-state index contributed by atoms with van der Waals surface area (Å²) >= 11 is 0. The first-order valence-corrected chi connectivity index (χ1v) is 3.39. The molecule has 0 aromatic carbocycles. The summed E-state index contributed by atoms with van der Waals surface area (Å²) in [7, 11) is 0. The van der Waals surface area contributed by atoms with Crippen molar-refractivity contribution in [3.8, 4) is 6.07 Å². The third-order valence-corrected chi connectivity index (χ3v) is 2.01. The molecule has 0 aliphatic heterocycles. The number of rotatable bonds is 1. The van der Waals surface area contributed by atoms with E-state index in [2.05, 4.69) is 19.9 Å². The van der Waals surface area contributed by atoms with Gasteiger partial charge in [-0.1, -0.05) is 26.2 Å². The van der Waals surface area contributed by atoms with Crippen LogP contribution < -0.4 is 0 Å². The van der Waals surface area contributed by atoms with Crippen LogP contribution in [0.4, 0.5) is 0 Å². The average molecular weight is 226 g/mol. The third kappa shape index (κ3) is 4.23. The predicted octanol–water partition coefficient (Wildman–Crippen LogP) is 2.60. The first-order valence-electron chi connectivity index (χ1n) is 3.39. The zero-order chi connectivity index (χ0) is 8.41. The van der Waals surface area contributed by atoms with Crippen LogP contribution in [0.2, 0.25) is 0 Å². The molecule has 0 fully saturated rings. The Bertz CT molecular complexity index is 148. The molecule has 61 valence electrons. The van der Waals surface area contributed by atoms with Crippen LogP contribution in [0.25, 0.3) is 0 Å². The van der Waals surface area contributed by atoms with Gasteiger partial charge in [0.1, 0.15) is 0 Å². The summed E-state index contributed by atoms with van der Waals surface area (Å²) < 4.78 is 0. The van der Waals surface area contributed by atoms with E-state index in [-0.39, 0.29) is 43.5 Å². The molecule has 0 saturated carbocycles. The molecule has 0 atom stereocenters. The topological polar surface area (TPSA) is 23.8 Å². The summed E-state index contributed by atoms with van der Waals surface area (Å²) in [5.74, 6) is 0. The summed E-state index contributed by atoms with van der Waals surface area (Å²) in [5, 5.41) is 8.44. The van der Waals surface area contributed by atoms with Crippen LogP contribution in [-0.4, -0.2) is 0 Å². The first-order chi connectivity index (χ1) is 4.31. The fraction of sp³-hybridized carbons (Fsp3) is 0.667. The van der Waals surface area contributed by atoms with Crippen molar-refractivity contribution in [2.45, 2.75) is 27.2 Å². The van der Waals surface area contributed by atoms with Gasteiger partial charge in [-0.2, -0.15) is 5.26 Å². The summed E-state index contributed by atoms with van der Waals surface area (Å²) in [6.45, 7) is 13.9.